The van der Waals surface area contributed by atoms with Gasteiger partial charge in [-0.2, -0.15) is 5.10 Å². The summed E-state index contributed by atoms with van der Waals surface area (Å²) in [7, 11) is 1.66. The van der Waals surface area contributed by atoms with Crippen LogP contribution in [0, 0.1) is 0 Å². The van der Waals surface area contributed by atoms with E-state index in [9.17, 15) is 4.79 Å². The smallest absolute Gasteiger partial charge is 0.258 e. The minimum atomic E-state index is -0.171. The molecule has 37 heavy (non-hydrogen) atoms. The summed E-state index contributed by atoms with van der Waals surface area (Å²) < 4.78 is 5.37. The Balaban J connectivity index is 1.57. The van der Waals surface area contributed by atoms with E-state index < -0.39 is 0 Å². The van der Waals surface area contributed by atoms with E-state index in [0.717, 1.165) is 44.7 Å². The molecule has 1 N–H and O–H groups in total. The summed E-state index contributed by atoms with van der Waals surface area (Å²) in [6, 6.07) is 33.5. The van der Waals surface area contributed by atoms with Crippen LogP contribution in [0.25, 0.3) is 22.0 Å². The van der Waals surface area contributed by atoms with Crippen LogP contribution in [0.3, 0.4) is 0 Å². The van der Waals surface area contributed by atoms with Gasteiger partial charge < -0.3 is 9.72 Å². The topological polar surface area (TPSA) is 57.7 Å². The number of hydrogen-bond donors (Lipinski definition) is 1. The van der Waals surface area contributed by atoms with Crippen molar-refractivity contribution in [1.82, 2.24) is 4.98 Å². The molecule has 182 valence electrons. The summed E-state index contributed by atoms with van der Waals surface area (Å²) in [5, 5.41) is 8.57. The second-order valence-electron chi connectivity index (χ2n) is 8.98. The normalized spacial score (nSPS) is 15.1. The Bertz CT molecular complexity index is 1660. The second kappa shape index (κ2) is 9.60. The van der Waals surface area contributed by atoms with Crippen LogP contribution in [0.2, 0.25) is 5.02 Å². The van der Waals surface area contributed by atoms with Gasteiger partial charge in [-0.25, -0.2) is 0 Å². The predicted octanol–water partition coefficient (Wildman–Crippen LogP) is 7.21. The third-order valence-electron chi connectivity index (χ3n) is 6.76. The number of para-hydroxylation sites is 1. The maximum absolute atomic E-state index is 13.7. The molecule has 6 heteroatoms. The molecule has 1 atom stereocenters. The second-order valence-corrected chi connectivity index (χ2v) is 9.42. The van der Waals surface area contributed by atoms with E-state index in [1.54, 1.807) is 13.2 Å². The lowest BCUT2D eigenvalue weighted by molar-refractivity contribution is 0.414. The summed E-state index contributed by atoms with van der Waals surface area (Å²) >= 11 is 6.42. The Hall–Kier alpha value is -4.35. The standard InChI is InChI=1S/C31H24ClN3O2/c1-37-24-15-12-20(13-16-24)28-19-27(34-35(28)23-10-6-3-7-11-23)30-29(21-8-4-2-5-9-21)25-18-22(32)14-17-26(25)33-31(30)36/h2-18,28H,19H2,1H3,(H,33,36). The number of aromatic nitrogens is 1. The molecule has 0 fully saturated rings. The van der Waals surface area contributed by atoms with Gasteiger partial charge in [0.1, 0.15) is 5.75 Å². The molecule has 6 rings (SSSR count). The number of nitrogens with one attached hydrogen (secondary N) is 1. The largest absolute Gasteiger partial charge is 0.497 e. The Labute approximate surface area is 219 Å². The lowest BCUT2D eigenvalue weighted by Crippen LogP contribution is -2.20. The van der Waals surface area contributed by atoms with Gasteiger partial charge in [0.2, 0.25) is 0 Å². The Morgan fingerprint density at radius 3 is 2.30 bits per heavy atom. The van der Waals surface area contributed by atoms with Crippen LogP contribution >= 0.6 is 11.6 Å². The summed E-state index contributed by atoms with van der Waals surface area (Å²) in [4.78, 5) is 16.7. The minimum Gasteiger partial charge on any atom is -0.497 e. The first kappa shape index (κ1) is 23.1. The number of methoxy groups -OCH3 is 1. The number of pyridine rings is 1. The van der Waals surface area contributed by atoms with Crippen LogP contribution in [0.5, 0.6) is 5.75 Å². The zero-order valence-electron chi connectivity index (χ0n) is 20.2. The number of ether oxygens (including phenoxy) is 1. The average Bonchev–Trinajstić information content (AvgIpc) is 3.38. The first-order chi connectivity index (χ1) is 18.1. The molecule has 1 aliphatic heterocycles. The summed E-state index contributed by atoms with van der Waals surface area (Å²) in [6.45, 7) is 0. The third-order valence-corrected chi connectivity index (χ3v) is 6.99. The van der Waals surface area contributed by atoms with Gasteiger partial charge in [0.05, 0.1) is 30.1 Å². The van der Waals surface area contributed by atoms with Gasteiger partial charge in [-0.3, -0.25) is 9.80 Å². The van der Waals surface area contributed by atoms with Crippen molar-refractivity contribution in [1.29, 1.82) is 0 Å². The van der Waals surface area contributed by atoms with Gasteiger partial charge >= 0.3 is 0 Å². The number of hydrazone groups is 1. The fraction of sp³-hybridized carbons (Fsp3) is 0.0968. The molecule has 1 aromatic heterocycles. The van der Waals surface area contributed by atoms with Gasteiger partial charge in [-0.05, 0) is 53.6 Å². The monoisotopic (exact) mass is 505 g/mol. The van der Waals surface area contributed by atoms with Gasteiger partial charge in [-0.15, -0.1) is 0 Å². The van der Waals surface area contributed by atoms with Crippen LogP contribution in [0.15, 0.2) is 113 Å². The minimum absolute atomic E-state index is 0.0820. The van der Waals surface area contributed by atoms with E-state index >= 15 is 0 Å². The van der Waals surface area contributed by atoms with Crippen LogP contribution in [0.4, 0.5) is 5.69 Å². The number of halogens is 1. The van der Waals surface area contributed by atoms with Crippen molar-refractivity contribution >= 4 is 33.9 Å². The molecule has 5 nitrogen and oxygen atoms in total. The molecule has 0 amide bonds. The quantitative estimate of drug-likeness (QED) is 0.274. The van der Waals surface area contributed by atoms with E-state index in [0.29, 0.717) is 17.0 Å². The number of nitrogens with zero attached hydrogens (tertiary/aromatic N) is 2. The summed E-state index contributed by atoms with van der Waals surface area (Å²) in [5.74, 6) is 0.795. The van der Waals surface area contributed by atoms with E-state index in [2.05, 4.69) is 17.1 Å². The van der Waals surface area contributed by atoms with E-state index in [-0.39, 0.29) is 11.6 Å². The first-order valence-electron chi connectivity index (χ1n) is 12.1. The van der Waals surface area contributed by atoms with Gasteiger partial charge in [0.15, 0.2) is 0 Å². The van der Waals surface area contributed by atoms with E-state index in [1.165, 1.54) is 0 Å². The van der Waals surface area contributed by atoms with Gasteiger partial charge in [0.25, 0.3) is 5.56 Å². The Kier molecular flexibility index (Phi) is 5.99. The molecule has 0 bridgehead atoms. The number of fused-ring (bicyclic) bond motifs is 1. The number of H-pyrrole nitrogens is 1. The average molecular weight is 506 g/mol. The lowest BCUT2D eigenvalue weighted by Gasteiger charge is -2.24. The SMILES string of the molecule is COc1ccc(C2CC(c3c(-c4ccccc4)c4cc(Cl)ccc4[nH]c3=O)=NN2c2ccccc2)cc1. The van der Waals surface area contributed by atoms with Crippen molar-refractivity contribution in [2.24, 2.45) is 5.10 Å². The van der Waals surface area contributed by atoms with Crippen LogP contribution in [0.1, 0.15) is 23.6 Å². The molecule has 0 spiro atoms. The number of hydrogen-bond acceptors (Lipinski definition) is 4. The molecule has 5 aromatic rings. The molecular formula is C31H24ClN3O2. The van der Waals surface area contributed by atoms with Crippen LogP contribution in [-0.2, 0) is 0 Å². The molecule has 0 saturated carbocycles. The van der Waals surface area contributed by atoms with Crippen molar-refractivity contribution in [3.05, 3.63) is 130 Å². The predicted molar refractivity (Wildman–Crippen MR) is 151 cm³/mol. The number of benzene rings is 4. The van der Waals surface area contributed by atoms with Gasteiger partial charge in [0, 0.05) is 27.9 Å². The van der Waals surface area contributed by atoms with E-state index in [1.807, 2.05) is 89.9 Å². The maximum Gasteiger partial charge on any atom is 0.258 e. The molecule has 0 saturated heterocycles. The molecule has 2 heterocycles. The lowest BCUT2D eigenvalue weighted by atomic mass is 9.91. The van der Waals surface area contributed by atoms with Crippen molar-refractivity contribution in [2.45, 2.75) is 12.5 Å². The fourth-order valence-electron chi connectivity index (χ4n) is 5.01. The number of anilines is 1. The van der Waals surface area contributed by atoms with Crippen molar-refractivity contribution in [2.75, 3.05) is 12.1 Å². The fourth-order valence-corrected chi connectivity index (χ4v) is 5.18. The Morgan fingerprint density at radius 1 is 0.892 bits per heavy atom. The summed E-state index contributed by atoms with van der Waals surface area (Å²) in [6.07, 6.45) is 0.566. The molecular weight excluding hydrogens is 482 g/mol. The highest BCUT2D eigenvalue weighted by atomic mass is 35.5. The third kappa shape index (κ3) is 4.28. The maximum atomic E-state index is 13.7. The van der Waals surface area contributed by atoms with Crippen molar-refractivity contribution < 1.29 is 4.74 Å². The zero-order chi connectivity index (χ0) is 25.4. The highest BCUT2D eigenvalue weighted by Gasteiger charge is 2.33. The highest BCUT2D eigenvalue weighted by molar-refractivity contribution is 6.31. The highest BCUT2D eigenvalue weighted by Crippen LogP contribution is 2.39. The zero-order valence-corrected chi connectivity index (χ0v) is 20.9. The molecule has 0 aliphatic carbocycles. The molecule has 1 unspecified atom stereocenters. The molecule has 0 radical (unpaired) electrons. The molecule has 4 aromatic carbocycles. The molecule has 1 aliphatic rings. The number of rotatable bonds is 5. The summed E-state index contributed by atoms with van der Waals surface area (Å²) in [5.41, 5.74) is 5.69. The van der Waals surface area contributed by atoms with Crippen molar-refractivity contribution in [3.8, 4) is 16.9 Å². The first-order valence-corrected chi connectivity index (χ1v) is 12.5. The van der Waals surface area contributed by atoms with Crippen LogP contribution < -0.4 is 15.3 Å². The number of aromatic amines is 1. The van der Waals surface area contributed by atoms with Crippen LogP contribution in [-0.4, -0.2) is 17.8 Å². The van der Waals surface area contributed by atoms with Crippen molar-refractivity contribution in [3.63, 3.8) is 0 Å². The van der Waals surface area contributed by atoms with E-state index in [4.69, 9.17) is 21.4 Å². The van der Waals surface area contributed by atoms with Gasteiger partial charge in [-0.1, -0.05) is 72.3 Å². The Morgan fingerprint density at radius 2 is 1.59 bits per heavy atom.